The zero-order valence-corrected chi connectivity index (χ0v) is 14.5. The van der Waals surface area contributed by atoms with Crippen molar-refractivity contribution in [3.05, 3.63) is 34.9 Å². The minimum absolute atomic E-state index is 0.115. The van der Waals surface area contributed by atoms with Crippen molar-refractivity contribution < 1.29 is 8.42 Å². The summed E-state index contributed by atoms with van der Waals surface area (Å²) in [7, 11) is -2.92. The normalized spacial score (nSPS) is 28.6. The van der Waals surface area contributed by atoms with Gasteiger partial charge in [0.25, 0.3) is 0 Å². The first-order valence-electron chi connectivity index (χ1n) is 7.91. The minimum Gasteiger partial charge on any atom is -0.297 e. The van der Waals surface area contributed by atoms with E-state index in [2.05, 4.69) is 22.8 Å². The summed E-state index contributed by atoms with van der Waals surface area (Å²) in [5.74, 6) is 0.599. The number of hydrogen-bond acceptors (Lipinski definition) is 4. The van der Waals surface area contributed by atoms with Crippen LogP contribution < -0.4 is 0 Å². The summed E-state index contributed by atoms with van der Waals surface area (Å²) < 4.78 is 24.2. The van der Waals surface area contributed by atoms with Crippen LogP contribution >= 0.6 is 11.6 Å². The number of halogens is 1. The Morgan fingerprint density at radius 1 is 1.18 bits per heavy atom. The summed E-state index contributed by atoms with van der Waals surface area (Å²) in [5.41, 5.74) is 1.15. The molecule has 0 radical (unpaired) electrons. The molecule has 0 saturated carbocycles. The molecule has 0 unspecified atom stereocenters. The standard InChI is InChI=1S/C16H23ClN2O2S/c1-2-6-18-7-8-19(10-13-4-3-5-14(17)9-13)16-12-22(20,21)11-15(16)18/h3-5,9,15-16H,2,6-8,10-12H2,1H3/t15-,16+/m0/s1. The lowest BCUT2D eigenvalue weighted by Gasteiger charge is -2.44. The number of sulfone groups is 1. The second-order valence-corrected chi connectivity index (χ2v) is 8.94. The van der Waals surface area contributed by atoms with Crippen LogP contribution in [0.5, 0.6) is 0 Å². The van der Waals surface area contributed by atoms with Crippen LogP contribution in [0.25, 0.3) is 0 Å². The number of hydrogen-bond donors (Lipinski definition) is 0. The maximum absolute atomic E-state index is 12.1. The molecule has 2 fully saturated rings. The first kappa shape index (κ1) is 16.2. The average molecular weight is 343 g/mol. The topological polar surface area (TPSA) is 40.6 Å². The van der Waals surface area contributed by atoms with E-state index in [9.17, 15) is 8.42 Å². The van der Waals surface area contributed by atoms with Crippen molar-refractivity contribution in [2.75, 3.05) is 31.1 Å². The van der Waals surface area contributed by atoms with Crippen LogP contribution in [0.15, 0.2) is 24.3 Å². The van der Waals surface area contributed by atoms with Gasteiger partial charge in [-0.05, 0) is 30.7 Å². The largest absolute Gasteiger partial charge is 0.297 e. The van der Waals surface area contributed by atoms with E-state index < -0.39 is 9.84 Å². The first-order chi connectivity index (χ1) is 10.5. The number of benzene rings is 1. The van der Waals surface area contributed by atoms with Gasteiger partial charge in [0.15, 0.2) is 9.84 Å². The Hall–Kier alpha value is -0.620. The SMILES string of the molecule is CCCN1CCN(Cc2cccc(Cl)c2)[C@@H]2CS(=O)(=O)C[C@@H]21. The van der Waals surface area contributed by atoms with Crippen molar-refractivity contribution in [1.82, 2.24) is 9.80 Å². The monoisotopic (exact) mass is 342 g/mol. The molecule has 2 aliphatic heterocycles. The van der Waals surface area contributed by atoms with Gasteiger partial charge in [0.1, 0.15) is 0 Å². The molecule has 2 saturated heterocycles. The van der Waals surface area contributed by atoms with Gasteiger partial charge in [0, 0.05) is 36.7 Å². The molecule has 2 atom stereocenters. The van der Waals surface area contributed by atoms with Gasteiger partial charge in [0.2, 0.25) is 0 Å². The molecule has 0 amide bonds. The lowest BCUT2D eigenvalue weighted by molar-refractivity contribution is 0.0405. The van der Waals surface area contributed by atoms with E-state index in [1.807, 2.05) is 18.2 Å². The molecule has 0 spiro atoms. The van der Waals surface area contributed by atoms with Crippen molar-refractivity contribution in [3.8, 4) is 0 Å². The Labute approximate surface area is 138 Å². The molecule has 1 aromatic carbocycles. The van der Waals surface area contributed by atoms with Crippen molar-refractivity contribution >= 4 is 21.4 Å². The van der Waals surface area contributed by atoms with Crippen LogP contribution in [0.2, 0.25) is 5.02 Å². The Kier molecular flexibility index (Phi) is 4.78. The number of piperazine rings is 1. The van der Waals surface area contributed by atoms with Crippen LogP contribution in [0.3, 0.4) is 0 Å². The fourth-order valence-corrected chi connectivity index (χ4v) is 5.98. The third-order valence-corrected chi connectivity index (χ3v) is 6.63. The molecule has 0 bridgehead atoms. The lowest BCUT2D eigenvalue weighted by atomic mass is 10.0. The summed E-state index contributed by atoms with van der Waals surface area (Å²) in [4.78, 5) is 4.69. The first-order valence-corrected chi connectivity index (χ1v) is 10.1. The van der Waals surface area contributed by atoms with Gasteiger partial charge in [-0.3, -0.25) is 9.80 Å². The molecule has 2 aliphatic rings. The van der Waals surface area contributed by atoms with Crippen LogP contribution in [-0.2, 0) is 16.4 Å². The predicted octanol–water partition coefficient (Wildman–Crippen LogP) is 2.03. The van der Waals surface area contributed by atoms with Crippen LogP contribution in [0, 0.1) is 0 Å². The van der Waals surface area contributed by atoms with Gasteiger partial charge in [-0.15, -0.1) is 0 Å². The maximum Gasteiger partial charge on any atom is 0.153 e. The molecule has 22 heavy (non-hydrogen) atoms. The molecule has 6 heteroatoms. The third kappa shape index (κ3) is 3.48. The Morgan fingerprint density at radius 2 is 1.86 bits per heavy atom. The van der Waals surface area contributed by atoms with Crippen molar-refractivity contribution in [2.45, 2.75) is 32.0 Å². The zero-order valence-electron chi connectivity index (χ0n) is 12.9. The number of fused-ring (bicyclic) bond motifs is 1. The Morgan fingerprint density at radius 3 is 2.55 bits per heavy atom. The fourth-order valence-electron chi connectivity index (χ4n) is 3.73. The maximum atomic E-state index is 12.1. The van der Waals surface area contributed by atoms with E-state index >= 15 is 0 Å². The summed E-state index contributed by atoms with van der Waals surface area (Å²) in [6.45, 7) is 5.78. The van der Waals surface area contributed by atoms with Gasteiger partial charge in [-0.25, -0.2) is 8.42 Å². The highest BCUT2D eigenvalue weighted by atomic mass is 35.5. The van der Waals surface area contributed by atoms with Gasteiger partial charge in [-0.2, -0.15) is 0 Å². The third-order valence-electron chi connectivity index (χ3n) is 4.69. The molecule has 2 heterocycles. The second-order valence-electron chi connectivity index (χ2n) is 6.35. The lowest BCUT2D eigenvalue weighted by Crippen LogP contribution is -2.58. The molecule has 0 aromatic heterocycles. The molecular formula is C16H23ClN2O2S. The number of nitrogens with zero attached hydrogens (tertiary/aromatic N) is 2. The van der Waals surface area contributed by atoms with Gasteiger partial charge >= 0.3 is 0 Å². The predicted molar refractivity (Wildman–Crippen MR) is 90.0 cm³/mol. The van der Waals surface area contributed by atoms with E-state index in [0.29, 0.717) is 11.5 Å². The van der Waals surface area contributed by atoms with Crippen molar-refractivity contribution in [2.24, 2.45) is 0 Å². The zero-order chi connectivity index (χ0) is 15.7. The number of rotatable bonds is 4. The second kappa shape index (κ2) is 6.48. The Balaban J connectivity index is 1.78. The van der Waals surface area contributed by atoms with E-state index in [0.717, 1.165) is 43.2 Å². The molecule has 4 nitrogen and oxygen atoms in total. The van der Waals surface area contributed by atoms with E-state index in [1.54, 1.807) is 0 Å². The van der Waals surface area contributed by atoms with E-state index in [1.165, 1.54) is 0 Å². The van der Waals surface area contributed by atoms with Crippen LogP contribution in [-0.4, -0.2) is 61.4 Å². The van der Waals surface area contributed by atoms with Gasteiger partial charge in [0.05, 0.1) is 11.5 Å². The summed E-state index contributed by atoms with van der Waals surface area (Å²) in [6, 6.07) is 8.12. The highest BCUT2D eigenvalue weighted by molar-refractivity contribution is 7.91. The molecule has 1 aromatic rings. The molecule has 0 aliphatic carbocycles. The van der Waals surface area contributed by atoms with Crippen molar-refractivity contribution in [1.29, 1.82) is 0 Å². The molecule has 122 valence electrons. The van der Waals surface area contributed by atoms with Gasteiger partial charge in [-0.1, -0.05) is 30.7 Å². The summed E-state index contributed by atoms with van der Waals surface area (Å²) in [6.07, 6.45) is 1.07. The highest BCUT2D eigenvalue weighted by Gasteiger charge is 2.45. The van der Waals surface area contributed by atoms with Gasteiger partial charge < -0.3 is 0 Å². The van der Waals surface area contributed by atoms with E-state index in [4.69, 9.17) is 11.6 Å². The molecule has 3 rings (SSSR count). The van der Waals surface area contributed by atoms with Crippen molar-refractivity contribution in [3.63, 3.8) is 0 Å². The minimum atomic E-state index is -2.92. The van der Waals surface area contributed by atoms with Crippen LogP contribution in [0.4, 0.5) is 0 Å². The van der Waals surface area contributed by atoms with E-state index in [-0.39, 0.29) is 12.1 Å². The molecular weight excluding hydrogens is 320 g/mol. The molecule has 0 N–H and O–H groups in total. The summed E-state index contributed by atoms with van der Waals surface area (Å²) >= 11 is 6.06. The Bertz CT molecular complexity index is 635. The smallest absolute Gasteiger partial charge is 0.153 e. The average Bonchev–Trinajstić information content (AvgIpc) is 2.78. The summed E-state index contributed by atoms with van der Waals surface area (Å²) in [5, 5.41) is 0.734. The highest BCUT2D eigenvalue weighted by Crippen LogP contribution is 2.28. The fraction of sp³-hybridized carbons (Fsp3) is 0.625. The quantitative estimate of drug-likeness (QED) is 0.839. The van der Waals surface area contributed by atoms with Crippen LogP contribution in [0.1, 0.15) is 18.9 Å².